The Hall–Kier alpha value is -4.12. The first kappa shape index (κ1) is 25.0. The van der Waals surface area contributed by atoms with Crippen LogP contribution in [0.5, 0.6) is 5.75 Å². The lowest BCUT2D eigenvalue weighted by molar-refractivity contribution is 0.301. The van der Waals surface area contributed by atoms with Crippen molar-refractivity contribution in [1.29, 1.82) is 0 Å². The van der Waals surface area contributed by atoms with E-state index in [1.807, 2.05) is 19.1 Å². The van der Waals surface area contributed by atoms with Gasteiger partial charge in [0, 0.05) is 16.7 Å². The third-order valence-corrected chi connectivity index (χ3v) is 5.78. The van der Waals surface area contributed by atoms with Crippen LogP contribution in [0.25, 0.3) is 34.4 Å². The van der Waals surface area contributed by atoms with Crippen molar-refractivity contribution in [2.24, 2.45) is 0 Å². The van der Waals surface area contributed by atoms with Crippen molar-refractivity contribution in [1.82, 2.24) is 0 Å². The molecule has 1 nitrogen and oxygen atoms in total. The highest BCUT2D eigenvalue weighted by Gasteiger charge is 2.16. The molecule has 0 atom stereocenters. The molecule has 0 aliphatic heterocycles. The first-order valence-corrected chi connectivity index (χ1v) is 11.4. The first-order chi connectivity index (χ1) is 17.4. The highest BCUT2D eigenvalue weighted by atomic mass is 19.2. The summed E-state index contributed by atoms with van der Waals surface area (Å²) in [6.45, 7) is 5.69. The molecule has 4 aromatic carbocycles. The standard InChI is InChI=1S/C31H24F4O/c1-3-4-19-36-27-18-15-24(28(32)31(27)35)14-9-21-7-12-23(13-8-21)26-17-16-25(29(33)30(26)34)22-10-5-20(2)6-11-22/h3,5-18H,1,4,19H2,2H3/b14-9+. The van der Waals surface area contributed by atoms with Crippen molar-refractivity contribution in [3.8, 4) is 28.0 Å². The lowest BCUT2D eigenvalue weighted by Gasteiger charge is -2.10. The predicted octanol–water partition coefficient (Wildman–Crippen LogP) is 9.01. The zero-order valence-corrected chi connectivity index (χ0v) is 19.7. The van der Waals surface area contributed by atoms with Gasteiger partial charge in [-0.15, -0.1) is 6.58 Å². The molecule has 5 heteroatoms. The minimum atomic E-state index is -1.05. The van der Waals surface area contributed by atoms with E-state index in [9.17, 15) is 17.6 Å². The molecule has 0 fully saturated rings. The SMILES string of the molecule is C=CCCOc1ccc(/C=C/c2ccc(-c3ccc(-c4ccc(C)cc4)c(F)c3F)cc2)c(F)c1F. The van der Waals surface area contributed by atoms with Gasteiger partial charge in [0.2, 0.25) is 5.82 Å². The molecule has 36 heavy (non-hydrogen) atoms. The average molecular weight is 489 g/mol. The molecule has 0 aliphatic carbocycles. The van der Waals surface area contributed by atoms with Crippen LogP contribution in [0.2, 0.25) is 0 Å². The van der Waals surface area contributed by atoms with E-state index >= 15 is 0 Å². The molecule has 4 aromatic rings. The number of aryl methyl sites for hydroxylation is 1. The molecule has 182 valence electrons. The minimum Gasteiger partial charge on any atom is -0.490 e. The van der Waals surface area contributed by atoms with Gasteiger partial charge < -0.3 is 4.74 Å². The van der Waals surface area contributed by atoms with Crippen LogP contribution in [0, 0.1) is 30.2 Å². The molecular formula is C31H24F4O. The molecule has 0 aromatic heterocycles. The largest absolute Gasteiger partial charge is 0.490 e. The normalized spacial score (nSPS) is 11.1. The maximum absolute atomic E-state index is 14.9. The zero-order chi connectivity index (χ0) is 25.7. The average Bonchev–Trinajstić information content (AvgIpc) is 2.89. The Morgan fingerprint density at radius 3 is 1.83 bits per heavy atom. The van der Waals surface area contributed by atoms with Crippen molar-refractivity contribution < 1.29 is 22.3 Å². The van der Waals surface area contributed by atoms with Gasteiger partial charge in [0.25, 0.3) is 0 Å². The Morgan fingerprint density at radius 2 is 1.25 bits per heavy atom. The van der Waals surface area contributed by atoms with E-state index in [0.717, 1.165) is 5.56 Å². The molecule has 0 aliphatic rings. The summed E-state index contributed by atoms with van der Waals surface area (Å²) in [6.07, 6.45) is 5.20. The van der Waals surface area contributed by atoms with Crippen LogP contribution in [0.3, 0.4) is 0 Å². The smallest absolute Gasteiger partial charge is 0.201 e. The monoisotopic (exact) mass is 488 g/mol. The van der Waals surface area contributed by atoms with Crippen LogP contribution in [0.1, 0.15) is 23.1 Å². The molecule has 0 unspecified atom stereocenters. The summed E-state index contributed by atoms with van der Waals surface area (Å²) in [5.74, 6) is -4.05. The highest BCUT2D eigenvalue weighted by Crippen LogP contribution is 2.32. The Bertz CT molecular complexity index is 1400. The van der Waals surface area contributed by atoms with Gasteiger partial charge in [-0.1, -0.05) is 84.5 Å². The summed E-state index contributed by atoms with van der Waals surface area (Å²) < 4.78 is 63.6. The van der Waals surface area contributed by atoms with Crippen molar-refractivity contribution >= 4 is 12.2 Å². The van der Waals surface area contributed by atoms with Crippen molar-refractivity contribution in [2.75, 3.05) is 6.61 Å². The number of hydrogen-bond donors (Lipinski definition) is 0. The quantitative estimate of drug-likeness (QED) is 0.104. The van der Waals surface area contributed by atoms with Crippen molar-refractivity contribution in [3.05, 3.63) is 125 Å². The van der Waals surface area contributed by atoms with Crippen LogP contribution < -0.4 is 4.74 Å². The Morgan fingerprint density at radius 1 is 0.667 bits per heavy atom. The topological polar surface area (TPSA) is 9.23 Å². The van der Waals surface area contributed by atoms with E-state index in [1.54, 1.807) is 60.7 Å². The predicted molar refractivity (Wildman–Crippen MR) is 138 cm³/mol. The number of rotatable bonds is 8. The fourth-order valence-corrected chi connectivity index (χ4v) is 3.73. The third kappa shape index (κ3) is 5.41. The van der Waals surface area contributed by atoms with Gasteiger partial charge >= 0.3 is 0 Å². The van der Waals surface area contributed by atoms with E-state index in [2.05, 4.69) is 6.58 Å². The number of ether oxygens (including phenoxy) is 1. The Balaban J connectivity index is 1.52. The van der Waals surface area contributed by atoms with E-state index in [0.29, 0.717) is 23.1 Å². The van der Waals surface area contributed by atoms with Crippen LogP contribution in [0.4, 0.5) is 17.6 Å². The number of halogens is 4. The molecule has 0 spiro atoms. The molecule has 0 radical (unpaired) electrons. The lowest BCUT2D eigenvalue weighted by atomic mass is 9.97. The first-order valence-electron chi connectivity index (χ1n) is 11.4. The second-order valence-corrected chi connectivity index (χ2v) is 8.32. The second-order valence-electron chi connectivity index (χ2n) is 8.32. The maximum Gasteiger partial charge on any atom is 0.201 e. The highest BCUT2D eigenvalue weighted by molar-refractivity contribution is 5.75. The van der Waals surface area contributed by atoms with Gasteiger partial charge in [-0.05, 0) is 42.2 Å². The summed E-state index contributed by atoms with van der Waals surface area (Å²) in [4.78, 5) is 0. The van der Waals surface area contributed by atoms with E-state index in [-0.39, 0.29) is 29.0 Å². The van der Waals surface area contributed by atoms with E-state index in [1.165, 1.54) is 18.2 Å². The van der Waals surface area contributed by atoms with Gasteiger partial charge in [-0.2, -0.15) is 4.39 Å². The Kier molecular flexibility index (Phi) is 7.69. The van der Waals surface area contributed by atoms with E-state index < -0.39 is 23.3 Å². The van der Waals surface area contributed by atoms with Gasteiger partial charge in [-0.3, -0.25) is 0 Å². The summed E-state index contributed by atoms with van der Waals surface area (Å²) in [5, 5.41) is 0. The van der Waals surface area contributed by atoms with Gasteiger partial charge in [-0.25, -0.2) is 13.2 Å². The Labute approximate surface area is 208 Å². The van der Waals surface area contributed by atoms with Gasteiger partial charge in [0.05, 0.1) is 6.61 Å². The molecule has 0 saturated heterocycles. The van der Waals surface area contributed by atoms with Crippen LogP contribution in [0.15, 0.2) is 85.5 Å². The molecule has 0 saturated carbocycles. The van der Waals surface area contributed by atoms with E-state index in [4.69, 9.17) is 4.74 Å². The minimum absolute atomic E-state index is 0.0625. The van der Waals surface area contributed by atoms with Crippen LogP contribution in [-0.4, -0.2) is 6.61 Å². The molecular weight excluding hydrogens is 464 g/mol. The van der Waals surface area contributed by atoms with Crippen LogP contribution in [-0.2, 0) is 0 Å². The molecule has 0 heterocycles. The fraction of sp³-hybridized carbons (Fsp3) is 0.0968. The molecule has 0 amide bonds. The second kappa shape index (κ2) is 11.1. The van der Waals surface area contributed by atoms with Crippen molar-refractivity contribution in [2.45, 2.75) is 13.3 Å². The third-order valence-electron chi connectivity index (χ3n) is 5.78. The number of hydrogen-bond acceptors (Lipinski definition) is 1. The summed E-state index contributed by atoms with van der Waals surface area (Å²) >= 11 is 0. The van der Waals surface area contributed by atoms with Gasteiger partial charge in [0.1, 0.15) is 0 Å². The zero-order valence-electron chi connectivity index (χ0n) is 19.7. The van der Waals surface area contributed by atoms with Crippen LogP contribution >= 0.6 is 0 Å². The molecule has 0 N–H and O–H groups in total. The molecule has 0 bridgehead atoms. The summed E-state index contributed by atoms with van der Waals surface area (Å²) in [7, 11) is 0. The fourth-order valence-electron chi connectivity index (χ4n) is 3.73. The summed E-state index contributed by atoms with van der Waals surface area (Å²) in [6, 6.07) is 19.8. The number of benzene rings is 4. The lowest BCUT2D eigenvalue weighted by Crippen LogP contribution is -2.00. The maximum atomic E-state index is 14.9. The summed E-state index contributed by atoms with van der Waals surface area (Å²) in [5.41, 5.74) is 3.21. The van der Waals surface area contributed by atoms with Gasteiger partial charge in [0.15, 0.2) is 23.2 Å². The van der Waals surface area contributed by atoms with Crippen molar-refractivity contribution in [3.63, 3.8) is 0 Å². The molecule has 4 rings (SSSR count).